The summed E-state index contributed by atoms with van der Waals surface area (Å²) in [5.74, 6) is 5.64. The molecule has 0 spiro atoms. The maximum atomic E-state index is 5.64. The first kappa shape index (κ1) is 12.2. The van der Waals surface area contributed by atoms with E-state index in [0.717, 1.165) is 18.5 Å². The van der Waals surface area contributed by atoms with Crippen molar-refractivity contribution >= 4 is 11.3 Å². The van der Waals surface area contributed by atoms with Crippen LogP contribution in [0.15, 0.2) is 35.8 Å². The zero-order chi connectivity index (χ0) is 12.1. The highest BCUT2D eigenvalue weighted by Crippen LogP contribution is 2.21. The summed E-state index contributed by atoms with van der Waals surface area (Å²) in [6, 6.07) is 8.46. The number of hydrogen-bond acceptors (Lipinski definition) is 4. The molecule has 0 amide bonds. The second-order valence-electron chi connectivity index (χ2n) is 4.02. The fourth-order valence-electron chi connectivity index (χ4n) is 1.94. The van der Waals surface area contributed by atoms with Crippen molar-refractivity contribution < 1.29 is 0 Å². The fraction of sp³-hybridized carbons (Fsp3) is 0.308. The fourth-order valence-corrected chi connectivity index (χ4v) is 2.66. The summed E-state index contributed by atoms with van der Waals surface area (Å²) in [4.78, 5) is 5.70. The van der Waals surface area contributed by atoms with Crippen LogP contribution in [0.3, 0.4) is 0 Å². The molecule has 1 unspecified atom stereocenters. The maximum absolute atomic E-state index is 5.64. The first-order chi connectivity index (χ1) is 8.31. The molecule has 2 aromatic rings. The van der Waals surface area contributed by atoms with E-state index in [-0.39, 0.29) is 6.04 Å². The Morgan fingerprint density at radius 1 is 1.41 bits per heavy atom. The largest absolute Gasteiger partial charge is 0.271 e. The van der Waals surface area contributed by atoms with Gasteiger partial charge in [-0.2, -0.15) is 0 Å². The highest BCUT2D eigenvalue weighted by Gasteiger charge is 2.12. The Bertz CT molecular complexity index is 453. The van der Waals surface area contributed by atoms with Crippen LogP contribution in [-0.4, -0.2) is 4.98 Å². The monoisotopic (exact) mass is 247 g/mol. The first-order valence-corrected chi connectivity index (χ1v) is 6.59. The van der Waals surface area contributed by atoms with Gasteiger partial charge in [0, 0.05) is 22.8 Å². The normalized spacial score (nSPS) is 12.6. The number of nitrogens with one attached hydrogen (secondary N) is 1. The van der Waals surface area contributed by atoms with Gasteiger partial charge in [-0.05, 0) is 42.8 Å². The molecule has 4 heteroatoms. The summed E-state index contributed by atoms with van der Waals surface area (Å²) in [6.45, 7) is 2.02. The molecule has 2 rings (SSSR count). The van der Waals surface area contributed by atoms with E-state index in [1.807, 2.05) is 19.2 Å². The lowest BCUT2D eigenvalue weighted by Crippen LogP contribution is -2.29. The Kier molecular flexibility index (Phi) is 4.25. The Hall–Kier alpha value is -1.23. The van der Waals surface area contributed by atoms with Crippen molar-refractivity contribution in [2.24, 2.45) is 5.84 Å². The molecule has 17 heavy (non-hydrogen) atoms. The number of hydrogen-bond donors (Lipinski definition) is 2. The number of pyridine rings is 1. The minimum atomic E-state index is 0.172. The number of rotatable bonds is 5. The number of thiophene rings is 1. The zero-order valence-electron chi connectivity index (χ0n) is 9.89. The van der Waals surface area contributed by atoms with Crippen LogP contribution < -0.4 is 11.3 Å². The average molecular weight is 247 g/mol. The summed E-state index contributed by atoms with van der Waals surface area (Å²) < 4.78 is 0. The highest BCUT2D eigenvalue weighted by molar-refractivity contribution is 7.09. The molecule has 0 bridgehead atoms. The van der Waals surface area contributed by atoms with Crippen molar-refractivity contribution in [3.63, 3.8) is 0 Å². The number of nitrogens with two attached hydrogens (primary N) is 1. The standard InChI is InChI=1S/C13H17N3S/c1-10-12(5-2-8-15-10)13(16-14)7-6-11-4-3-9-17-11/h2-5,8-9,13,16H,6-7,14H2,1H3. The van der Waals surface area contributed by atoms with Crippen LogP contribution in [0.5, 0.6) is 0 Å². The Balaban J connectivity index is 2.04. The van der Waals surface area contributed by atoms with Gasteiger partial charge < -0.3 is 0 Å². The van der Waals surface area contributed by atoms with E-state index in [1.165, 1.54) is 10.4 Å². The second-order valence-corrected chi connectivity index (χ2v) is 5.05. The highest BCUT2D eigenvalue weighted by atomic mass is 32.1. The molecule has 0 saturated carbocycles. The van der Waals surface area contributed by atoms with Gasteiger partial charge in [0.15, 0.2) is 0 Å². The van der Waals surface area contributed by atoms with Crippen LogP contribution in [0.1, 0.15) is 28.6 Å². The summed E-state index contributed by atoms with van der Waals surface area (Å²) >= 11 is 1.79. The number of aromatic nitrogens is 1. The summed E-state index contributed by atoms with van der Waals surface area (Å²) in [5, 5.41) is 2.11. The van der Waals surface area contributed by atoms with Crippen LogP contribution in [0, 0.1) is 6.92 Å². The van der Waals surface area contributed by atoms with Crippen LogP contribution in [0.4, 0.5) is 0 Å². The predicted molar refractivity (Wildman–Crippen MR) is 71.7 cm³/mol. The molecule has 1 atom stereocenters. The van der Waals surface area contributed by atoms with Gasteiger partial charge in [0.05, 0.1) is 0 Å². The van der Waals surface area contributed by atoms with E-state index in [2.05, 4.69) is 34.0 Å². The number of nitrogens with zero attached hydrogens (tertiary/aromatic N) is 1. The van der Waals surface area contributed by atoms with E-state index < -0.39 is 0 Å². The van der Waals surface area contributed by atoms with Gasteiger partial charge in [-0.3, -0.25) is 16.3 Å². The average Bonchev–Trinajstić information content (AvgIpc) is 2.85. The molecule has 0 aliphatic carbocycles. The summed E-state index contributed by atoms with van der Waals surface area (Å²) in [5.41, 5.74) is 5.12. The van der Waals surface area contributed by atoms with Gasteiger partial charge in [0.2, 0.25) is 0 Å². The Morgan fingerprint density at radius 2 is 2.29 bits per heavy atom. The lowest BCUT2D eigenvalue weighted by Gasteiger charge is -2.17. The molecule has 0 fully saturated rings. The quantitative estimate of drug-likeness (QED) is 0.630. The van der Waals surface area contributed by atoms with Gasteiger partial charge in [-0.15, -0.1) is 11.3 Å². The third-order valence-electron chi connectivity index (χ3n) is 2.88. The second kappa shape index (κ2) is 5.91. The van der Waals surface area contributed by atoms with Gasteiger partial charge in [-0.25, -0.2) is 0 Å². The molecular weight excluding hydrogens is 230 g/mol. The Labute approximate surface area is 106 Å². The number of hydrazine groups is 1. The van der Waals surface area contributed by atoms with Crippen LogP contribution in [-0.2, 0) is 6.42 Å². The first-order valence-electron chi connectivity index (χ1n) is 5.71. The molecule has 3 N–H and O–H groups in total. The van der Waals surface area contributed by atoms with E-state index in [9.17, 15) is 0 Å². The molecule has 0 aliphatic heterocycles. The van der Waals surface area contributed by atoms with Gasteiger partial charge in [0.1, 0.15) is 0 Å². The van der Waals surface area contributed by atoms with Crippen LogP contribution in [0.2, 0.25) is 0 Å². The van der Waals surface area contributed by atoms with Crippen molar-refractivity contribution in [1.29, 1.82) is 0 Å². The molecule has 0 saturated heterocycles. The maximum Gasteiger partial charge on any atom is 0.0481 e. The minimum absolute atomic E-state index is 0.172. The van der Waals surface area contributed by atoms with Crippen molar-refractivity contribution in [3.05, 3.63) is 52.0 Å². The molecule has 2 aromatic heterocycles. The van der Waals surface area contributed by atoms with Crippen molar-refractivity contribution in [1.82, 2.24) is 10.4 Å². The van der Waals surface area contributed by atoms with E-state index >= 15 is 0 Å². The lowest BCUT2D eigenvalue weighted by molar-refractivity contribution is 0.514. The third kappa shape index (κ3) is 3.12. The lowest BCUT2D eigenvalue weighted by atomic mass is 10.0. The topological polar surface area (TPSA) is 50.9 Å². The molecule has 0 aliphatic rings. The SMILES string of the molecule is Cc1ncccc1C(CCc1cccs1)NN. The van der Waals surface area contributed by atoms with Crippen molar-refractivity contribution in [3.8, 4) is 0 Å². The third-order valence-corrected chi connectivity index (χ3v) is 3.82. The predicted octanol–water partition coefficient (Wildman–Crippen LogP) is 2.59. The van der Waals surface area contributed by atoms with E-state index in [1.54, 1.807) is 11.3 Å². The van der Waals surface area contributed by atoms with Gasteiger partial charge in [-0.1, -0.05) is 12.1 Å². The molecule has 2 heterocycles. The smallest absolute Gasteiger partial charge is 0.0481 e. The van der Waals surface area contributed by atoms with Crippen molar-refractivity contribution in [2.45, 2.75) is 25.8 Å². The number of aryl methyl sites for hydroxylation is 2. The van der Waals surface area contributed by atoms with E-state index in [0.29, 0.717) is 0 Å². The van der Waals surface area contributed by atoms with Gasteiger partial charge in [0.25, 0.3) is 0 Å². The van der Waals surface area contributed by atoms with Gasteiger partial charge >= 0.3 is 0 Å². The molecular formula is C13H17N3S. The minimum Gasteiger partial charge on any atom is -0.271 e. The van der Waals surface area contributed by atoms with Crippen LogP contribution >= 0.6 is 11.3 Å². The van der Waals surface area contributed by atoms with E-state index in [4.69, 9.17) is 5.84 Å². The summed E-state index contributed by atoms with van der Waals surface area (Å²) in [6.07, 6.45) is 3.84. The van der Waals surface area contributed by atoms with Crippen molar-refractivity contribution in [2.75, 3.05) is 0 Å². The molecule has 0 aromatic carbocycles. The summed E-state index contributed by atoms with van der Waals surface area (Å²) in [7, 11) is 0. The zero-order valence-corrected chi connectivity index (χ0v) is 10.7. The molecule has 0 radical (unpaired) electrons. The molecule has 90 valence electrons. The van der Waals surface area contributed by atoms with Crippen LogP contribution in [0.25, 0.3) is 0 Å². The Morgan fingerprint density at radius 3 is 2.94 bits per heavy atom. The molecule has 3 nitrogen and oxygen atoms in total.